The molecule has 0 saturated heterocycles. The van der Waals surface area contributed by atoms with Gasteiger partial charge in [0.05, 0.1) is 0 Å². The summed E-state index contributed by atoms with van der Waals surface area (Å²) in [6.45, 7) is 5.02. The van der Waals surface area contributed by atoms with Crippen molar-refractivity contribution in [1.82, 2.24) is 5.32 Å². The molecule has 0 aliphatic rings. The van der Waals surface area contributed by atoms with Crippen molar-refractivity contribution in [1.29, 1.82) is 0 Å². The van der Waals surface area contributed by atoms with Crippen molar-refractivity contribution in [2.24, 2.45) is 0 Å². The molecular formula is C18H18ClNO. The Kier molecular flexibility index (Phi) is 4.00. The molecule has 3 rings (SSSR count). The van der Waals surface area contributed by atoms with Crippen LogP contribution in [0.15, 0.2) is 52.9 Å². The summed E-state index contributed by atoms with van der Waals surface area (Å²) in [5, 5.41) is 5.25. The standard InChI is InChI=1S/C18H18ClNO/c1-12(2)20-11-15-8-7-14(9-16(15)19)18-10-13-5-3-4-6-17(13)21-18/h3-10,12,20H,11H2,1-2H3. The van der Waals surface area contributed by atoms with E-state index in [1.165, 1.54) is 0 Å². The van der Waals surface area contributed by atoms with E-state index in [4.69, 9.17) is 16.0 Å². The molecule has 0 aliphatic heterocycles. The summed E-state index contributed by atoms with van der Waals surface area (Å²) in [5.41, 5.74) is 3.00. The molecule has 0 bridgehead atoms. The molecule has 0 aliphatic carbocycles. The van der Waals surface area contributed by atoms with E-state index in [0.29, 0.717) is 6.04 Å². The summed E-state index contributed by atoms with van der Waals surface area (Å²) in [7, 11) is 0. The Balaban J connectivity index is 1.90. The second kappa shape index (κ2) is 5.92. The van der Waals surface area contributed by atoms with Gasteiger partial charge in [-0.3, -0.25) is 0 Å². The highest BCUT2D eigenvalue weighted by molar-refractivity contribution is 6.31. The number of nitrogens with one attached hydrogen (secondary N) is 1. The van der Waals surface area contributed by atoms with Gasteiger partial charge >= 0.3 is 0 Å². The number of rotatable bonds is 4. The van der Waals surface area contributed by atoms with E-state index < -0.39 is 0 Å². The lowest BCUT2D eigenvalue weighted by Gasteiger charge is -2.10. The van der Waals surface area contributed by atoms with Crippen LogP contribution in [0.3, 0.4) is 0 Å². The van der Waals surface area contributed by atoms with Gasteiger partial charge in [0.15, 0.2) is 0 Å². The minimum atomic E-state index is 0.441. The highest BCUT2D eigenvalue weighted by Crippen LogP contribution is 2.30. The first kappa shape index (κ1) is 14.2. The van der Waals surface area contributed by atoms with E-state index in [9.17, 15) is 0 Å². The van der Waals surface area contributed by atoms with Crippen molar-refractivity contribution in [3.8, 4) is 11.3 Å². The molecule has 1 heterocycles. The third-order valence-electron chi connectivity index (χ3n) is 3.46. The molecule has 3 heteroatoms. The van der Waals surface area contributed by atoms with Crippen molar-refractivity contribution in [2.75, 3.05) is 0 Å². The van der Waals surface area contributed by atoms with Crippen LogP contribution in [0.5, 0.6) is 0 Å². The maximum atomic E-state index is 6.38. The summed E-state index contributed by atoms with van der Waals surface area (Å²) < 4.78 is 5.87. The van der Waals surface area contributed by atoms with Crippen molar-refractivity contribution >= 4 is 22.6 Å². The van der Waals surface area contributed by atoms with Crippen LogP contribution in [-0.2, 0) is 6.54 Å². The van der Waals surface area contributed by atoms with Crippen molar-refractivity contribution in [2.45, 2.75) is 26.4 Å². The molecule has 3 aromatic rings. The van der Waals surface area contributed by atoms with Gasteiger partial charge in [-0.2, -0.15) is 0 Å². The first-order chi connectivity index (χ1) is 10.1. The molecule has 2 nitrogen and oxygen atoms in total. The van der Waals surface area contributed by atoms with Crippen LogP contribution in [0.4, 0.5) is 0 Å². The molecule has 0 amide bonds. The van der Waals surface area contributed by atoms with Crippen LogP contribution >= 0.6 is 11.6 Å². The molecule has 0 radical (unpaired) electrons. The van der Waals surface area contributed by atoms with Gasteiger partial charge in [0.25, 0.3) is 0 Å². The third kappa shape index (κ3) is 3.12. The zero-order valence-corrected chi connectivity index (χ0v) is 12.9. The fourth-order valence-corrected chi connectivity index (χ4v) is 2.53. The zero-order chi connectivity index (χ0) is 14.8. The lowest BCUT2D eigenvalue weighted by atomic mass is 10.1. The minimum absolute atomic E-state index is 0.441. The van der Waals surface area contributed by atoms with Crippen molar-refractivity contribution in [3.63, 3.8) is 0 Å². The molecule has 0 unspecified atom stereocenters. The van der Waals surface area contributed by atoms with Gasteiger partial charge in [-0.15, -0.1) is 0 Å². The van der Waals surface area contributed by atoms with Crippen molar-refractivity contribution < 1.29 is 4.42 Å². The predicted octanol–water partition coefficient (Wildman–Crippen LogP) is 5.25. The van der Waals surface area contributed by atoms with Gasteiger partial charge in [0.1, 0.15) is 11.3 Å². The number of furan rings is 1. The topological polar surface area (TPSA) is 25.2 Å². The fourth-order valence-electron chi connectivity index (χ4n) is 2.28. The number of hydrogen-bond acceptors (Lipinski definition) is 2. The Bertz CT molecular complexity index is 728. The third-order valence-corrected chi connectivity index (χ3v) is 3.82. The largest absolute Gasteiger partial charge is 0.456 e. The maximum absolute atomic E-state index is 6.38. The molecule has 1 N–H and O–H groups in total. The first-order valence-electron chi connectivity index (χ1n) is 7.14. The highest BCUT2D eigenvalue weighted by atomic mass is 35.5. The number of halogens is 1. The fraction of sp³-hybridized carbons (Fsp3) is 0.222. The molecule has 0 atom stereocenters. The lowest BCUT2D eigenvalue weighted by molar-refractivity contribution is 0.589. The Hall–Kier alpha value is -1.77. The SMILES string of the molecule is CC(C)NCc1ccc(-c2cc3ccccc3o2)cc1Cl. The average Bonchev–Trinajstić information content (AvgIpc) is 2.89. The van der Waals surface area contributed by atoms with E-state index in [2.05, 4.69) is 31.3 Å². The second-order valence-corrected chi connectivity index (χ2v) is 5.90. The Labute approximate surface area is 129 Å². The van der Waals surface area contributed by atoms with Crippen molar-refractivity contribution in [3.05, 3.63) is 59.1 Å². The monoisotopic (exact) mass is 299 g/mol. The van der Waals surface area contributed by atoms with Crippen LogP contribution in [0.2, 0.25) is 5.02 Å². The Morgan fingerprint density at radius 1 is 1.10 bits per heavy atom. The average molecular weight is 300 g/mol. The van der Waals surface area contributed by atoms with Crippen LogP contribution in [-0.4, -0.2) is 6.04 Å². The number of para-hydroxylation sites is 1. The van der Waals surface area contributed by atoms with E-state index in [1.54, 1.807) is 0 Å². The first-order valence-corrected chi connectivity index (χ1v) is 7.52. The molecule has 0 fully saturated rings. The number of fused-ring (bicyclic) bond motifs is 1. The van der Waals surface area contributed by atoms with Crippen LogP contribution < -0.4 is 5.32 Å². The van der Waals surface area contributed by atoms with Gasteiger partial charge < -0.3 is 9.73 Å². The molecule has 21 heavy (non-hydrogen) atoms. The predicted molar refractivity (Wildman–Crippen MR) is 88.6 cm³/mol. The smallest absolute Gasteiger partial charge is 0.135 e. The van der Waals surface area contributed by atoms with Crippen LogP contribution in [0, 0.1) is 0 Å². The molecule has 1 aromatic heterocycles. The Morgan fingerprint density at radius 3 is 2.62 bits per heavy atom. The lowest BCUT2D eigenvalue weighted by Crippen LogP contribution is -2.21. The van der Waals surface area contributed by atoms with E-state index in [0.717, 1.165) is 39.4 Å². The highest BCUT2D eigenvalue weighted by Gasteiger charge is 2.08. The molecule has 108 valence electrons. The van der Waals surface area contributed by atoms with Gasteiger partial charge in [-0.05, 0) is 23.8 Å². The van der Waals surface area contributed by atoms with Crippen LogP contribution in [0.25, 0.3) is 22.3 Å². The van der Waals surface area contributed by atoms with Crippen LogP contribution in [0.1, 0.15) is 19.4 Å². The van der Waals surface area contributed by atoms with Gasteiger partial charge in [-0.25, -0.2) is 0 Å². The van der Waals surface area contributed by atoms with Gasteiger partial charge in [0, 0.05) is 28.6 Å². The summed E-state index contributed by atoms with van der Waals surface area (Å²) in [6, 6.07) is 16.6. The molecule has 0 spiro atoms. The normalized spacial score (nSPS) is 11.4. The Morgan fingerprint density at radius 2 is 1.90 bits per heavy atom. The summed E-state index contributed by atoms with van der Waals surface area (Å²) >= 11 is 6.38. The molecular weight excluding hydrogens is 282 g/mol. The zero-order valence-electron chi connectivity index (χ0n) is 12.2. The summed E-state index contributed by atoms with van der Waals surface area (Å²) in [5.74, 6) is 0.849. The number of hydrogen-bond donors (Lipinski definition) is 1. The van der Waals surface area contributed by atoms with Gasteiger partial charge in [-0.1, -0.05) is 55.8 Å². The van der Waals surface area contributed by atoms with E-state index in [-0.39, 0.29) is 0 Å². The minimum Gasteiger partial charge on any atom is -0.456 e. The van der Waals surface area contributed by atoms with Gasteiger partial charge in [0.2, 0.25) is 0 Å². The van der Waals surface area contributed by atoms with E-state index in [1.807, 2.05) is 36.4 Å². The van der Waals surface area contributed by atoms with E-state index >= 15 is 0 Å². The quantitative estimate of drug-likeness (QED) is 0.711. The second-order valence-electron chi connectivity index (χ2n) is 5.49. The molecule has 0 saturated carbocycles. The maximum Gasteiger partial charge on any atom is 0.135 e. The summed E-state index contributed by atoms with van der Waals surface area (Å²) in [4.78, 5) is 0. The molecule has 2 aromatic carbocycles. The summed E-state index contributed by atoms with van der Waals surface area (Å²) in [6.07, 6.45) is 0. The number of benzene rings is 2.